The van der Waals surface area contributed by atoms with Crippen LogP contribution in [0, 0.1) is 16.7 Å². The molecule has 0 aliphatic heterocycles. The number of carbonyl (C=O) groups excluding carboxylic acids is 2. The number of hydrogen-bond acceptors (Lipinski definition) is 3. The van der Waals surface area contributed by atoms with E-state index in [4.69, 9.17) is 5.73 Å². The van der Waals surface area contributed by atoms with Crippen LogP contribution in [-0.4, -0.2) is 28.1 Å². The zero-order chi connectivity index (χ0) is 17.2. The molecule has 0 unspecified atom stereocenters. The Balaban J connectivity index is 1.63. The van der Waals surface area contributed by atoms with Gasteiger partial charge in [0.2, 0.25) is 11.8 Å². The van der Waals surface area contributed by atoms with Crippen LogP contribution in [0.2, 0.25) is 0 Å². The summed E-state index contributed by atoms with van der Waals surface area (Å²) >= 11 is 0. The van der Waals surface area contributed by atoms with Crippen LogP contribution in [0.5, 0.6) is 0 Å². The Morgan fingerprint density at radius 2 is 1.83 bits per heavy atom. The van der Waals surface area contributed by atoms with Gasteiger partial charge in [0.1, 0.15) is 5.54 Å². The van der Waals surface area contributed by atoms with Crippen molar-refractivity contribution in [3.8, 4) is 0 Å². The predicted octanol–water partition coefficient (Wildman–Crippen LogP) is 2.01. The van der Waals surface area contributed by atoms with E-state index >= 15 is 0 Å². The molecule has 0 aromatic heterocycles. The van der Waals surface area contributed by atoms with Crippen LogP contribution in [0.4, 0.5) is 0 Å². The standard InChI is InChI=1S/C19H30N2O3/c1-2-16-7-13-8-17(10-16,12-18(24,9-13)11-16)15(23)21-19(14(20)22)5-3-4-6-19/h13,24H,2-12H2,1H3,(H2,20,22)(H,21,23)/t13-,16+,17+,18+/m0/s1. The van der Waals surface area contributed by atoms with Gasteiger partial charge in [0.25, 0.3) is 0 Å². The fraction of sp³-hybridized carbons (Fsp3) is 0.895. The molecule has 0 heterocycles. The Hall–Kier alpha value is -1.10. The molecule has 5 rings (SSSR count). The van der Waals surface area contributed by atoms with Gasteiger partial charge in [0, 0.05) is 0 Å². The maximum atomic E-state index is 13.3. The second-order valence-electron chi connectivity index (χ2n) is 9.47. The maximum Gasteiger partial charge on any atom is 0.243 e. The van der Waals surface area contributed by atoms with E-state index in [1.165, 1.54) is 0 Å². The molecule has 0 radical (unpaired) electrons. The van der Waals surface area contributed by atoms with Gasteiger partial charge in [-0.25, -0.2) is 0 Å². The summed E-state index contributed by atoms with van der Waals surface area (Å²) in [6.07, 6.45) is 9.26. The number of hydrogen-bond donors (Lipinski definition) is 3. The van der Waals surface area contributed by atoms with Gasteiger partial charge in [-0.1, -0.05) is 26.2 Å². The number of primary amides is 1. The summed E-state index contributed by atoms with van der Waals surface area (Å²) in [6, 6.07) is 0. The lowest BCUT2D eigenvalue weighted by atomic mass is 9.42. The topological polar surface area (TPSA) is 92.4 Å². The number of aliphatic hydroxyl groups is 1. The molecule has 0 aromatic rings. The molecule has 5 fully saturated rings. The molecule has 4 bridgehead atoms. The van der Waals surface area contributed by atoms with E-state index in [1.54, 1.807) is 0 Å². The van der Waals surface area contributed by atoms with E-state index in [-0.39, 0.29) is 11.3 Å². The van der Waals surface area contributed by atoms with Crippen LogP contribution in [-0.2, 0) is 9.59 Å². The molecule has 5 saturated carbocycles. The molecule has 0 saturated heterocycles. The minimum Gasteiger partial charge on any atom is -0.390 e. The molecular formula is C19H30N2O3. The predicted molar refractivity (Wildman–Crippen MR) is 89.8 cm³/mol. The van der Waals surface area contributed by atoms with Crippen molar-refractivity contribution in [1.29, 1.82) is 0 Å². The number of rotatable bonds is 4. The van der Waals surface area contributed by atoms with Gasteiger partial charge < -0.3 is 16.2 Å². The van der Waals surface area contributed by atoms with Gasteiger partial charge in [-0.2, -0.15) is 0 Å². The first-order valence-electron chi connectivity index (χ1n) is 9.60. The van der Waals surface area contributed by atoms with Gasteiger partial charge >= 0.3 is 0 Å². The SMILES string of the molecule is CC[C@]12C[C@@H]3C[C@@](O)(C1)C[C@@](C(=O)NC1(C(N)=O)CCCC1)(C3)C2. The van der Waals surface area contributed by atoms with E-state index in [2.05, 4.69) is 12.2 Å². The van der Waals surface area contributed by atoms with Crippen LogP contribution < -0.4 is 11.1 Å². The third-order valence-corrected chi connectivity index (χ3v) is 7.67. The highest BCUT2D eigenvalue weighted by Gasteiger charge is 2.65. The smallest absolute Gasteiger partial charge is 0.243 e. The van der Waals surface area contributed by atoms with Crippen molar-refractivity contribution in [3.63, 3.8) is 0 Å². The van der Waals surface area contributed by atoms with Gasteiger partial charge in [-0.05, 0) is 62.7 Å². The summed E-state index contributed by atoms with van der Waals surface area (Å²) in [4.78, 5) is 25.4. The van der Waals surface area contributed by atoms with Crippen LogP contribution in [0.1, 0.15) is 77.6 Å². The van der Waals surface area contributed by atoms with E-state index in [9.17, 15) is 14.7 Å². The summed E-state index contributed by atoms with van der Waals surface area (Å²) in [5, 5.41) is 14.2. The molecule has 2 amide bonds. The fourth-order valence-corrected chi connectivity index (χ4v) is 6.99. The third-order valence-electron chi connectivity index (χ3n) is 7.67. The van der Waals surface area contributed by atoms with E-state index in [0.717, 1.165) is 51.4 Å². The van der Waals surface area contributed by atoms with Crippen LogP contribution >= 0.6 is 0 Å². The second-order valence-corrected chi connectivity index (χ2v) is 9.47. The molecule has 4 atom stereocenters. The summed E-state index contributed by atoms with van der Waals surface area (Å²) in [5.41, 5.74) is 3.69. The summed E-state index contributed by atoms with van der Waals surface area (Å²) < 4.78 is 0. The number of amides is 2. The molecule has 134 valence electrons. The monoisotopic (exact) mass is 334 g/mol. The Morgan fingerprint density at radius 1 is 1.12 bits per heavy atom. The van der Waals surface area contributed by atoms with Gasteiger partial charge in [-0.15, -0.1) is 0 Å². The summed E-state index contributed by atoms with van der Waals surface area (Å²) in [6.45, 7) is 2.18. The average molecular weight is 334 g/mol. The van der Waals surface area contributed by atoms with Gasteiger partial charge in [0.15, 0.2) is 0 Å². The lowest BCUT2D eigenvalue weighted by molar-refractivity contribution is -0.205. The highest BCUT2D eigenvalue weighted by atomic mass is 16.3. The maximum absolute atomic E-state index is 13.3. The van der Waals surface area contributed by atoms with Crippen molar-refractivity contribution in [1.82, 2.24) is 5.32 Å². The number of carbonyl (C=O) groups is 2. The molecule has 0 spiro atoms. The van der Waals surface area contributed by atoms with E-state index in [1.807, 2.05) is 0 Å². The van der Waals surface area contributed by atoms with Crippen molar-refractivity contribution < 1.29 is 14.7 Å². The molecule has 24 heavy (non-hydrogen) atoms. The average Bonchev–Trinajstić information content (AvgIpc) is 2.94. The summed E-state index contributed by atoms with van der Waals surface area (Å²) in [7, 11) is 0. The molecule has 4 N–H and O–H groups in total. The van der Waals surface area contributed by atoms with Crippen molar-refractivity contribution in [2.24, 2.45) is 22.5 Å². The van der Waals surface area contributed by atoms with Gasteiger partial charge in [0.05, 0.1) is 11.0 Å². The second kappa shape index (κ2) is 4.96. The van der Waals surface area contributed by atoms with E-state index in [0.29, 0.717) is 25.2 Å². The highest BCUT2D eigenvalue weighted by molar-refractivity contribution is 5.93. The molecule has 5 aliphatic carbocycles. The first-order chi connectivity index (χ1) is 11.2. The highest BCUT2D eigenvalue weighted by Crippen LogP contribution is 2.67. The van der Waals surface area contributed by atoms with Crippen molar-refractivity contribution in [2.45, 2.75) is 88.7 Å². The Morgan fingerprint density at radius 3 is 2.42 bits per heavy atom. The molecule has 5 aliphatic rings. The first-order valence-corrected chi connectivity index (χ1v) is 9.60. The fourth-order valence-electron chi connectivity index (χ4n) is 6.99. The van der Waals surface area contributed by atoms with Crippen LogP contribution in [0.15, 0.2) is 0 Å². The minimum atomic E-state index is -0.859. The van der Waals surface area contributed by atoms with Gasteiger partial charge in [-0.3, -0.25) is 9.59 Å². The third kappa shape index (κ3) is 2.23. The normalized spacial score (nSPS) is 45.3. The lowest BCUT2D eigenvalue weighted by Gasteiger charge is -2.64. The summed E-state index contributed by atoms with van der Waals surface area (Å²) in [5.74, 6) is 0.00982. The van der Waals surface area contributed by atoms with Crippen LogP contribution in [0.3, 0.4) is 0 Å². The lowest BCUT2D eigenvalue weighted by Crippen LogP contribution is -2.66. The van der Waals surface area contributed by atoms with Crippen molar-refractivity contribution >= 4 is 11.8 Å². The molecular weight excluding hydrogens is 304 g/mol. The Labute approximate surface area is 143 Å². The van der Waals surface area contributed by atoms with E-state index < -0.39 is 22.5 Å². The minimum absolute atomic E-state index is 0.0245. The molecule has 5 heteroatoms. The Bertz CT molecular complexity index is 585. The zero-order valence-corrected chi connectivity index (χ0v) is 14.7. The molecule has 5 nitrogen and oxygen atoms in total. The quantitative estimate of drug-likeness (QED) is 0.734. The zero-order valence-electron chi connectivity index (χ0n) is 14.7. The number of nitrogens with one attached hydrogen (secondary N) is 1. The van der Waals surface area contributed by atoms with Crippen molar-refractivity contribution in [2.75, 3.05) is 0 Å². The van der Waals surface area contributed by atoms with Crippen molar-refractivity contribution in [3.05, 3.63) is 0 Å². The Kier molecular flexibility index (Phi) is 3.39. The van der Waals surface area contributed by atoms with Crippen LogP contribution in [0.25, 0.3) is 0 Å². The first kappa shape index (κ1) is 16.4. The largest absolute Gasteiger partial charge is 0.390 e. The molecule has 0 aromatic carbocycles. The number of nitrogens with two attached hydrogens (primary N) is 1.